The molecule has 0 fully saturated rings. The Morgan fingerprint density at radius 1 is 1.00 bits per heavy atom. The summed E-state index contributed by atoms with van der Waals surface area (Å²) in [4.78, 5) is 16.9. The molecule has 4 heterocycles. The third kappa shape index (κ3) is 2.57. The lowest BCUT2D eigenvalue weighted by Gasteiger charge is -2.11. The van der Waals surface area contributed by atoms with Gasteiger partial charge in [0.1, 0.15) is 29.0 Å². The van der Waals surface area contributed by atoms with Crippen molar-refractivity contribution in [1.29, 1.82) is 5.26 Å². The molecule has 5 rings (SSSR count). The number of methoxy groups -OCH3 is 2. The first-order chi connectivity index (χ1) is 14.7. The molecule has 0 atom stereocenters. The number of H-pyrrole nitrogens is 1. The SMILES string of the molecule is COc1ccc(-c2nc3c([nH]2)-c2ccncc2Nc2ncccc2-3)c(C#N)c1OC. The predicted molar refractivity (Wildman–Crippen MR) is 112 cm³/mol. The van der Waals surface area contributed by atoms with Crippen LogP contribution in [0.1, 0.15) is 5.56 Å². The number of fused-ring (bicyclic) bond motifs is 5. The number of rotatable bonds is 3. The topological polar surface area (TPSA) is 109 Å². The summed E-state index contributed by atoms with van der Waals surface area (Å²) in [6.45, 7) is 0. The van der Waals surface area contributed by atoms with Gasteiger partial charge in [-0.15, -0.1) is 0 Å². The molecule has 0 saturated heterocycles. The molecule has 4 aromatic rings. The van der Waals surface area contributed by atoms with Gasteiger partial charge in [-0.2, -0.15) is 5.26 Å². The van der Waals surface area contributed by atoms with Crippen molar-refractivity contribution < 1.29 is 9.47 Å². The highest BCUT2D eigenvalue weighted by atomic mass is 16.5. The van der Waals surface area contributed by atoms with Gasteiger partial charge in [-0.1, -0.05) is 0 Å². The van der Waals surface area contributed by atoms with Crippen molar-refractivity contribution in [2.75, 3.05) is 19.5 Å². The van der Waals surface area contributed by atoms with E-state index < -0.39 is 0 Å². The van der Waals surface area contributed by atoms with E-state index in [2.05, 4.69) is 26.3 Å². The molecular weight excluding hydrogens is 380 g/mol. The maximum absolute atomic E-state index is 9.82. The maximum atomic E-state index is 9.82. The second-order valence-corrected chi connectivity index (χ2v) is 6.59. The molecule has 8 nitrogen and oxygen atoms in total. The average Bonchev–Trinajstić information content (AvgIpc) is 3.18. The highest BCUT2D eigenvalue weighted by Gasteiger charge is 2.26. The number of hydrogen-bond donors (Lipinski definition) is 2. The third-order valence-electron chi connectivity index (χ3n) is 5.02. The molecule has 0 saturated carbocycles. The van der Waals surface area contributed by atoms with Crippen LogP contribution in [0.15, 0.2) is 48.9 Å². The Morgan fingerprint density at radius 3 is 2.70 bits per heavy atom. The van der Waals surface area contributed by atoms with E-state index in [1.807, 2.05) is 18.2 Å². The van der Waals surface area contributed by atoms with Crippen molar-refractivity contribution in [3.8, 4) is 51.5 Å². The van der Waals surface area contributed by atoms with Crippen LogP contribution in [0.4, 0.5) is 11.5 Å². The minimum Gasteiger partial charge on any atom is -0.493 e. The van der Waals surface area contributed by atoms with Crippen LogP contribution in [0.2, 0.25) is 0 Å². The van der Waals surface area contributed by atoms with Gasteiger partial charge in [0.25, 0.3) is 0 Å². The Morgan fingerprint density at radius 2 is 1.90 bits per heavy atom. The predicted octanol–water partition coefficient (Wildman–Crippen LogP) is 4.15. The van der Waals surface area contributed by atoms with E-state index in [1.165, 1.54) is 14.2 Å². The van der Waals surface area contributed by atoms with Crippen LogP contribution in [-0.2, 0) is 0 Å². The van der Waals surface area contributed by atoms with Crippen molar-refractivity contribution in [3.05, 3.63) is 54.5 Å². The quantitative estimate of drug-likeness (QED) is 0.471. The van der Waals surface area contributed by atoms with Gasteiger partial charge < -0.3 is 19.8 Å². The summed E-state index contributed by atoms with van der Waals surface area (Å²) < 4.78 is 10.8. The van der Waals surface area contributed by atoms with Crippen molar-refractivity contribution >= 4 is 11.5 Å². The molecule has 30 heavy (non-hydrogen) atoms. The maximum Gasteiger partial charge on any atom is 0.179 e. The van der Waals surface area contributed by atoms with Gasteiger partial charge in [0, 0.05) is 29.1 Å². The van der Waals surface area contributed by atoms with E-state index in [0.717, 1.165) is 28.2 Å². The standard InChI is InChI=1S/C22H16N6O2/c1-29-17-6-5-12(15(10-23)20(17)30-2)22-27-18-13-7-9-24-11-16(13)26-21-14(19(18)28-22)4-3-8-25-21/h3-9,11H,1-2H3,(H,25,26)(H,27,28). The number of anilines is 2. The van der Waals surface area contributed by atoms with Gasteiger partial charge in [-0.3, -0.25) is 4.98 Å². The van der Waals surface area contributed by atoms with E-state index in [4.69, 9.17) is 14.5 Å². The molecule has 0 spiro atoms. The number of ether oxygens (including phenoxy) is 2. The second kappa shape index (κ2) is 6.90. The van der Waals surface area contributed by atoms with Crippen molar-refractivity contribution in [2.45, 2.75) is 0 Å². The van der Waals surface area contributed by atoms with Crippen LogP contribution in [-0.4, -0.2) is 34.2 Å². The summed E-state index contributed by atoms with van der Waals surface area (Å²) in [5, 5.41) is 13.1. The monoisotopic (exact) mass is 396 g/mol. The van der Waals surface area contributed by atoms with Crippen LogP contribution in [0.5, 0.6) is 11.5 Å². The Labute approximate surface area is 172 Å². The number of nitriles is 1. The summed E-state index contributed by atoms with van der Waals surface area (Å²) in [5.74, 6) is 2.10. The Bertz CT molecular complexity index is 1260. The molecule has 8 heteroatoms. The first-order valence-corrected chi connectivity index (χ1v) is 9.17. The zero-order chi connectivity index (χ0) is 20.7. The first-order valence-electron chi connectivity index (χ1n) is 9.17. The zero-order valence-corrected chi connectivity index (χ0v) is 16.2. The van der Waals surface area contributed by atoms with Gasteiger partial charge in [-0.25, -0.2) is 9.97 Å². The van der Waals surface area contributed by atoms with Crippen LogP contribution in [0.3, 0.4) is 0 Å². The lowest BCUT2D eigenvalue weighted by molar-refractivity contribution is 0.354. The van der Waals surface area contributed by atoms with E-state index in [0.29, 0.717) is 34.3 Å². The largest absolute Gasteiger partial charge is 0.493 e. The van der Waals surface area contributed by atoms with E-state index in [9.17, 15) is 5.26 Å². The van der Waals surface area contributed by atoms with Crippen molar-refractivity contribution in [1.82, 2.24) is 19.9 Å². The molecule has 1 aliphatic rings. The number of aromatic nitrogens is 4. The first kappa shape index (κ1) is 17.7. The highest BCUT2D eigenvalue weighted by molar-refractivity contribution is 5.95. The number of nitrogens with zero attached hydrogens (tertiary/aromatic N) is 4. The number of benzene rings is 1. The smallest absolute Gasteiger partial charge is 0.179 e. The fourth-order valence-corrected chi connectivity index (χ4v) is 3.66. The summed E-state index contributed by atoms with van der Waals surface area (Å²) in [5.41, 5.74) is 5.11. The molecule has 3 aromatic heterocycles. The normalized spacial score (nSPS) is 11.2. The lowest BCUT2D eigenvalue weighted by atomic mass is 10.1. The summed E-state index contributed by atoms with van der Waals surface area (Å²) >= 11 is 0. The van der Waals surface area contributed by atoms with E-state index in [-0.39, 0.29) is 0 Å². The van der Waals surface area contributed by atoms with Crippen LogP contribution < -0.4 is 14.8 Å². The van der Waals surface area contributed by atoms with E-state index >= 15 is 0 Å². The number of pyridine rings is 2. The lowest BCUT2D eigenvalue weighted by Crippen LogP contribution is -1.97. The fraction of sp³-hybridized carbons (Fsp3) is 0.0909. The molecule has 0 aliphatic carbocycles. The summed E-state index contributed by atoms with van der Waals surface area (Å²) in [7, 11) is 3.05. The highest BCUT2D eigenvalue weighted by Crippen LogP contribution is 2.44. The number of imidazole rings is 1. The zero-order valence-electron chi connectivity index (χ0n) is 16.2. The van der Waals surface area contributed by atoms with Crippen LogP contribution >= 0.6 is 0 Å². The van der Waals surface area contributed by atoms with Gasteiger partial charge in [0.05, 0.1) is 31.8 Å². The minimum atomic E-state index is 0.347. The van der Waals surface area contributed by atoms with Crippen molar-refractivity contribution in [2.24, 2.45) is 0 Å². The fourth-order valence-electron chi connectivity index (χ4n) is 3.66. The number of nitrogens with one attached hydrogen (secondary N) is 2. The number of hydrogen-bond acceptors (Lipinski definition) is 7. The van der Waals surface area contributed by atoms with Gasteiger partial charge >= 0.3 is 0 Å². The van der Waals surface area contributed by atoms with E-state index in [1.54, 1.807) is 30.7 Å². The third-order valence-corrected chi connectivity index (χ3v) is 5.02. The van der Waals surface area contributed by atoms with Gasteiger partial charge in [0.15, 0.2) is 11.5 Å². The van der Waals surface area contributed by atoms with Gasteiger partial charge in [-0.05, 0) is 30.3 Å². The Balaban J connectivity index is 1.79. The minimum absolute atomic E-state index is 0.347. The molecule has 0 radical (unpaired) electrons. The summed E-state index contributed by atoms with van der Waals surface area (Å²) in [6.07, 6.45) is 5.20. The number of aromatic amines is 1. The average molecular weight is 396 g/mol. The van der Waals surface area contributed by atoms with Crippen molar-refractivity contribution in [3.63, 3.8) is 0 Å². The molecule has 0 amide bonds. The van der Waals surface area contributed by atoms with Crippen LogP contribution in [0, 0.1) is 11.3 Å². The second-order valence-electron chi connectivity index (χ2n) is 6.59. The Hall–Kier alpha value is -4.38. The molecule has 1 aliphatic heterocycles. The Kier molecular flexibility index (Phi) is 4.07. The molecular formula is C22H16N6O2. The molecule has 2 N–H and O–H groups in total. The molecule has 146 valence electrons. The molecule has 0 bridgehead atoms. The van der Waals surface area contributed by atoms with Gasteiger partial charge in [0.2, 0.25) is 0 Å². The summed E-state index contributed by atoms with van der Waals surface area (Å²) in [6, 6.07) is 11.5. The van der Waals surface area contributed by atoms with Crippen LogP contribution in [0.25, 0.3) is 33.9 Å². The molecule has 0 unspecified atom stereocenters. The molecule has 1 aromatic carbocycles.